The highest BCUT2D eigenvalue weighted by molar-refractivity contribution is 5.99. The maximum absolute atomic E-state index is 12.8. The maximum atomic E-state index is 12.8. The fourth-order valence-electron chi connectivity index (χ4n) is 3.18. The van der Waals surface area contributed by atoms with Crippen molar-refractivity contribution < 1.29 is 27.5 Å². The lowest BCUT2D eigenvalue weighted by Gasteiger charge is -2.27. The fourth-order valence-corrected chi connectivity index (χ4v) is 3.18. The summed E-state index contributed by atoms with van der Waals surface area (Å²) in [5.74, 6) is -0.594. The highest BCUT2D eigenvalue weighted by Gasteiger charge is 2.30. The number of nitrogens with one attached hydrogen (secondary N) is 1. The minimum atomic E-state index is -4.46. The van der Waals surface area contributed by atoms with E-state index in [2.05, 4.69) is 5.32 Å². The van der Waals surface area contributed by atoms with Crippen LogP contribution in [0.4, 0.5) is 18.9 Å². The number of morpholine rings is 1. The first kappa shape index (κ1) is 20.9. The molecule has 154 valence electrons. The first-order valence-corrected chi connectivity index (χ1v) is 9.18. The molecule has 0 atom stereocenters. The summed E-state index contributed by atoms with van der Waals surface area (Å²) in [6.07, 6.45) is -4.66. The Morgan fingerprint density at radius 1 is 1.10 bits per heavy atom. The van der Waals surface area contributed by atoms with E-state index in [9.17, 15) is 22.8 Å². The SMILES string of the molecule is Cc1c(NC(=O)Cc2cccc(C(F)(F)F)c2)cccc1C(=O)N1CCOCC1. The van der Waals surface area contributed by atoms with E-state index in [1.165, 1.54) is 12.1 Å². The molecule has 1 aliphatic heterocycles. The molecule has 1 saturated heterocycles. The third-order valence-electron chi connectivity index (χ3n) is 4.76. The van der Waals surface area contributed by atoms with Crippen LogP contribution in [0.2, 0.25) is 0 Å². The summed E-state index contributed by atoms with van der Waals surface area (Å²) in [5, 5.41) is 2.70. The van der Waals surface area contributed by atoms with E-state index in [-0.39, 0.29) is 17.9 Å². The van der Waals surface area contributed by atoms with Crippen molar-refractivity contribution in [3.05, 3.63) is 64.7 Å². The molecule has 1 fully saturated rings. The summed E-state index contributed by atoms with van der Waals surface area (Å²) in [6.45, 7) is 3.71. The van der Waals surface area contributed by atoms with Gasteiger partial charge in [-0.3, -0.25) is 9.59 Å². The van der Waals surface area contributed by atoms with Crippen LogP contribution in [0.3, 0.4) is 0 Å². The standard InChI is InChI=1S/C21H21F3N2O3/c1-14-17(20(28)26-8-10-29-11-9-26)6-3-7-18(14)25-19(27)13-15-4-2-5-16(12-15)21(22,23)24/h2-7,12H,8-11,13H2,1H3,(H,25,27). The molecule has 0 aromatic heterocycles. The first-order chi connectivity index (χ1) is 13.8. The van der Waals surface area contributed by atoms with Crippen molar-refractivity contribution in [3.63, 3.8) is 0 Å². The van der Waals surface area contributed by atoms with Gasteiger partial charge in [-0.2, -0.15) is 13.2 Å². The number of anilines is 1. The lowest BCUT2D eigenvalue weighted by molar-refractivity contribution is -0.137. The molecular formula is C21H21F3N2O3. The molecule has 1 aliphatic rings. The highest BCUT2D eigenvalue weighted by atomic mass is 19.4. The van der Waals surface area contributed by atoms with Gasteiger partial charge in [-0.15, -0.1) is 0 Å². The van der Waals surface area contributed by atoms with Gasteiger partial charge in [0.05, 0.1) is 25.2 Å². The summed E-state index contributed by atoms with van der Waals surface area (Å²) >= 11 is 0. The van der Waals surface area contributed by atoms with Crippen LogP contribution in [0.25, 0.3) is 0 Å². The predicted octanol–water partition coefficient (Wildman–Crippen LogP) is 3.67. The maximum Gasteiger partial charge on any atom is 0.416 e. The highest BCUT2D eigenvalue weighted by Crippen LogP contribution is 2.29. The fraction of sp³-hybridized carbons (Fsp3) is 0.333. The molecule has 1 heterocycles. The molecule has 0 aliphatic carbocycles. The molecule has 0 radical (unpaired) electrons. The largest absolute Gasteiger partial charge is 0.416 e. The number of rotatable bonds is 4. The summed E-state index contributed by atoms with van der Waals surface area (Å²) in [7, 11) is 0. The van der Waals surface area contributed by atoms with Crippen molar-refractivity contribution in [3.8, 4) is 0 Å². The molecule has 0 bridgehead atoms. The van der Waals surface area contributed by atoms with Gasteiger partial charge >= 0.3 is 6.18 Å². The molecule has 5 nitrogen and oxygen atoms in total. The Bertz CT molecular complexity index is 906. The molecule has 2 amide bonds. The average molecular weight is 406 g/mol. The van der Waals surface area contributed by atoms with Gasteiger partial charge in [0.2, 0.25) is 5.91 Å². The van der Waals surface area contributed by atoms with Gasteiger partial charge in [0.25, 0.3) is 5.91 Å². The minimum Gasteiger partial charge on any atom is -0.378 e. The van der Waals surface area contributed by atoms with Crippen molar-refractivity contribution in [1.29, 1.82) is 0 Å². The van der Waals surface area contributed by atoms with E-state index in [0.717, 1.165) is 12.1 Å². The quantitative estimate of drug-likeness (QED) is 0.843. The van der Waals surface area contributed by atoms with Crippen LogP contribution in [0.5, 0.6) is 0 Å². The summed E-state index contributed by atoms with van der Waals surface area (Å²) in [6, 6.07) is 9.70. The molecule has 0 unspecified atom stereocenters. The van der Waals surface area contributed by atoms with Gasteiger partial charge < -0.3 is 15.0 Å². The van der Waals surface area contributed by atoms with E-state index in [1.54, 1.807) is 30.0 Å². The summed E-state index contributed by atoms with van der Waals surface area (Å²) in [5.41, 5.74) is 1.01. The zero-order valence-electron chi connectivity index (χ0n) is 15.9. The number of hydrogen-bond acceptors (Lipinski definition) is 3. The van der Waals surface area contributed by atoms with E-state index < -0.39 is 17.6 Å². The van der Waals surface area contributed by atoms with Crippen molar-refractivity contribution >= 4 is 17.5 Å². The number of benzene rings is 2. The first-order valence-electron chi connectivity index (χ1n) is 9.18. The second-order valence-electron chi connectivity index (χ2n) is 6.81. The van der Waals surface area contributed by atoms with Crippen LogP contribution in [0.15, 0.2) is 42.5 Å². The topological polar surface area (TPSA) is 58.6 Å². The number of nitrogens with zero attached hydrogens (tertiary/aromatic N) is 1. The van der Waals surface area contributed by atoms with Gasteiger partial charge in [-0.25, -0.2) is 0 Å². The van der Waals surface area contributed by atoms with Crippen molar-refractivity contribution in [2.24, 2.45) is 0 Å². The monoisotopic (exact) mass is 406 g/mol. The Balaban J connectivity index is 1.72. The van der Waals surface area contributed by atoms with E-state index in [1.807, 2.05) is 0 Å². The molecule has 2 aromatic carbocycles. The summed E-state index contributed by atoms with van der Waals surface area (Å²) in [4.78, 5) is 26.8. The molecule has 0 saturated carbocycles. The molecular weight excluding hydrogens is 385 g/mol. The Morgan fingerprint density at radius 2 is 1.79 bits per heavy atom. The van der Waals surface area contributed by atoms with E-state index in [0.29, 0.717) is 43.1 Å². The lowest BCUT2D eigenvalue weighted by Crippen LogP contribution is -2.41. The number of halogens is 3. The number of ether oxygens (including phenoxy) is 1. The van der Waals surface area contributed by atoms with Gasteiger partial charge in [-0.05, 0) is 36.2 Å². The number of amides is 2. The normalized spacial score (nSPS) is 14.6. The Morgan fingerprint density at radius 3 is 2.48 bits per heavy atom. The van der Waals surface area contributed by atoms with Crippen LogP contribution in [-0.2, 0) is 22.1 Å². The van der Waals surface area contributed by atoms with Gasteiger partial charge in [0.15, 0.2) is 0 Å². The van der Waals surface area contributed by atoms with Crippen LogP contribution >= 0.6 is 0 Å². The second-order valence-corrected chi connectivity index (χ2v) is 6.81. The molecule has 8 heteroatoms. The Hall–Kier alpha value is -2.87. The predicted molar refractivity (Wildman–Crippen MR) is 102 cm³/mol. The Kier molecular flexibility index (Phi) is 6.22. The van der Waals surface area contributed by atoms with Crippen molar-refractivity contribution in [1.82, 2.24) is 4.90 Å². The van der Waals surface area contributed by atoms with Gasteiger partial charge in [0, 0.05) is 24.3 Å². The van der Waals surface area contributed by atoms with Gasteiger partial charge in [0.1, 0.15) is 0 Å². The number of hydrogen-bond donors (Lipinski definition) is 1. The average Bonchev–Trinajstić information content (AvgIpc) is 2.69. The van der Waals surface area contributed by atoms with Crippen LogP contribution in [-0.4, -0.2) is 43.0 Å². The molecule has 29 heavy (non-hydrogen) atoms. The third-order valence-corrected chi connectivity index (χ3v) is 4.76. The summed E-state index contributed by atoms with van der Waals surface area (Å²) < 4.78 is 43.8. The molecule has 3 rings (SSSR count). The van der Waals surface area contributed by atoms with Crippen LogP contribution < -0.4 is 5.32 Å². The molecule has 2 aromatic rings. The third kappa shape index (κ3) is 5.14. The zero-order valence-corrected chi connectivity index (χ0v) is 15.9. The molecule has 1 N–H and O–H groups in total. The van der Waals surface area contributed by atoms with Gasteiger partial charge in [-0.1, -0.05) is 24.3 Å². The number of carbonyl (C=O) groups is 2. The van der Waals surface area contributed by atoms with Crippen LogP contribution in [0.1, 0.15) is 27.0 Å². The zero-order chi connectivity index (χ0) is 21.0. The smallest absolute Gasteiger partial charge is 0.378 e. The lowest BCUT2D eigenvalue weighted by atomic mass is 10.0. The number of alkyl halides is 3. The van der Waals surface area contributed by atoms with Crippen molar-refractivity contribution in [2.75, 3.05) is 31.6 Å². The van der Waals surface area contributed by atoms with E-state index in [4.69, 9.17) is 4.74 Å². The Labute approximate surface area is 166 Å². The second kappa shape index (κ2) is 8.65. The van der Waals surface area contributed by atoms with E-state index >= 15 is 0 Å². The molecule has 0 spiro atoms. The van der Waals surface area contributed by atoms with Crippen LogP contribution in [0, 0.1) is 6.92 Å². The van der Waals surface area contributed by atoms with Crippen molar-refractivity contribution in [2.45, 2.75) is 19.5 Å². The number of carbonyl (C=O) groups excluding carboxylic acids is 2. The minimum absolute atomic E-state index is 0.139.